The molecule has 1 N–H and O–H groups in total. The van der Waals surface area contributed by atoms with Crippen LogP contribution in [0.2, 0.25) is 0 Å². The van der Waals surface area contributed by atoms with Crippen molar-refractivity contribution in [1.29, 1.82) is 0 Å². The van der Waals surface area contributed by atoms with Crippen LogP contribution in [-0.2, 0) is 14.8 Å². The summed E-state index contributed by atoms with van der Waals surface area (Å²) in [6.07, 6.45) is 1.62. The summed E-state index contributed by atoms with van der Waals surface area (Å²) >= 11 is 4.22. The second kappa shape index (κ2) is 5.42. The van der Waals surface area contributed by atoms with E-state index < -0.39 is 10.0 Å². The van der Waals surface area contributed by atoms with Crippen LogP contribution in [0.5, 0.6) is 0 Å². The number of nitrogens with one attached hydrogen (secondary N) is 1. The van der Waals surface area contributed by atoms with Crippen molar-refractivity contribution in [3.05, 3.63) is 24.3 Å². The highest BCUT2D eigenvalue weighted by Gasteiger charge is 2.29. The van der Waals surface area contributed by atoms with Gasteiger partial charge in [0.05, 0.1) is 6.26 Å². The maximum Gasteiger partial charge on any atom is 0.229 e. The predicted molar refractivity (Wildman–Crippen MR) is 79.2 cm³/mol. The number of rotatable bonds is 4. The molecule has 1 saturated heterocycles. The number of hydrogen-bond acceptors (Lipinski definition) is 4. The predicted octanol–water partition coefficient (Wildman–Crippen LogP) is 1.34. The Labute approximate surface area is 118 Å². The van der Waals surface area contributed by atoms with Crippen molar-refractivity contribution >= 4 is 39.9 Å². The average molecular weight is 300 g/mol. The number of carbonyl (C=O) groups is 1. The van der Waals surface area contributed by atoms with E-state index in [0.717, 1.165) is 11.9 Å². The van der Waals surface area contributed by atoms with Crippen molar-refractivity contribution in [3.8, 4) is 0 Å². The monoisotopic (exact) mass is 300 g/mol. The molecular formula is C12H16N2O3S2. The molecule has 0 spiro atoms. The van der Waals surface area contributed by atoms with Gasteiger partial charge < -0.3 is 4.90 Å². The standard InChI is InChI=1S/C12H16N2O3S2/c1-19(16,17)13-10-2-4-11(5-3-10)14-7-9(8-18)6-12(14)15/h2-5,9,13,18H,6-8H2,1H3. The Kier molecular flexibility index (Phi) is 4.05. The zero-order chi connectivity index (χ0) is 14.0. The number of anilines is 2. The van der Waals surface area contributed by atoms with Gasteiger partial charge in [0, 0.05) is 24.3 Å². The molecule has 1 amide bonds. The first kappa shape index (κ1) is 14.2. The zero-order valence-electron chi connectivity index (χ0n) is 10.5. The van der Waals surface area contributed by atoms with E-state index in [9.17, 15) is 13.2 Å². The highest BCUT2D eigenvalue weighted by Crippen LogP contribution is 2.26. The zero-order valence-corrected chi connectivity index (χ0v) is 12.2. The van der Waals surface area contributed by atoms with Crippen LogP contribution in [0.3, 0.4) is 0 Å². The lowest BCUT2D eigenvalue weighted by molar-refractivity contribution is -0.117. The Balaban J connectivity index is 2.13. The van der Waals surface area contributed by atoms with Gasteiger partial charge in [0.2, 0.25) is 15.9 Å². The number of amides is 1. The molecule has 1 aromatic carbocycles. The topological polar surface area (TPSA) is 66.5 Å². The first-order valence-corrected chi connectivity index (χ1v) is 8.40. The van der Waals surface area contributed by atoms with E-state index in [-0.39, 0.29) is 11.8 Å². The molecule has 0 aromatic heterocycles. The lowest BCUT2D eigenvalue weighted by Crippen LogP contribution is -2.24. The fourth-order valence-corrected chi connectivity index (χ4v) is 2.89. The Morgan fingerprint density at radius 2 is 2.00 bits per heavy atom. The number of hydrogen-bond donors (Lipinski definition) is 2. The third-order valence-corrected chi connectivity index (χ3v) is 4.07. The quantitative estimate of drug-likeness (QED) is 0.825. The van der Waals surface area contributed by atoms with E-state index >= 15 is 0 Å². The smallest absolute Gasteiger partial charge is 0.229 e. The number of nitrogens with zero attached hydrogens (tertiary/aromatic N) is 1. The number of benzene rings is 1. The second-order valence-corrected chi connectivity index (χ2v) is 6.79. The SMILES string of the molecule is CS(=O)(=O)Nc1ccc(N2CC(CS)CC2=O)cc1. The van der Waals surface area contributed by atoms with Gasteiger partial charge in [-0.1, -0.05) is 0 Å². The highest BCUT2D eigenvalue weighted by molar-refractivity contribution is 7.92. The van der Waals surface area contributed by atoms with Crippen molar-refractivity contribution < 1.29 is 13.2 Å². The van der Waals surface area contributed by atoms with Gasteiger partial charge in [0.1, 0.15) is 0 Å². The third kappa shape index (κ3) is 3.63. The molecule has 104 valence electrons. The Morgan fingerprint density at radius 3 is 2.47 bits per heavy atom. The molecule has 0 radical (unpaired) electrons. The maximum atomic E-state index is 11.8. The van der Waals surface area contributed by atoms with Crippen molar-refractivity contribution in [1.82, 2.24) is 0 Å². The van der Waals surface area contributed by atoms with Gasteiger partial charge in [-0.25, -0.2) is 8.42 Å². The second-order valence-electron chi connectivity index (χ2n) is 4.68. The summed E-state index contributed by atoms with van der Waals surface area (Å²) in [5.41, 5.74) is 1.27. The Hall–Kier alpha value is -1.21. The molecule has 7 heteroatoms. The molecule has 1 aromatic rings. The van der Waals surface area contributed by atoms with Gasteiger partial charge in [-0.05, 0) is 35.9 Å². The van der Waals surface area contributed by atoms with E-state index in [1.54, 1.807) is 29.2 Å². The molecule has 2 rings (SSSR count). The molecule has 1 fully saturated rings. The first-order valence-electron chi connectivity index (χ1n) is 5.88. The molecule has 1 aliphatic heterocycles. The van der Waals surface area contributed by atoms with Crippen LogP contribution in [0, 0.1) is 5.92 Å². The first-order chi connectivity index (χ1) is 8.89. The minimum Gasteiger partial charge on any atom is -0.312 e. The fraction of sp³-hybridized carbons (Fsp3) is 0.417. The van der Waals surface area contributed by atoms with E-state index in [1.807, 2.05) is 0 Å². The van der Waals surface area contributed by atoms with Gasteiger partial charge in [-0.3, -0.25) is 9.52 Å². The van der Waals surface area contributed by atoms with Gasteiger partial charge in [0.25, 0.3) is 0 Å². The molecule has 19 heavy (non-hydrogen) atoms. The molecule has 0 aliphatic carbocycles. The van der Waals surface area contributed by atoms with E-state index in [0.29, 0.717) is 24.4 Å². The largest absolute Gasteiger partial charge is 0.312 e. The summed E-state index contributed by atoms with van der Waals surface area (Å²) in [7, 11) is -3.27. The van der Waals surface area contributed by atoms with Gasteiger partial charge in [-0.2, -0.15) is 12.6 Å². The molecule has 1 aliphatic rings. The molecule has 1 heterocycles. The summed E-state index contributed by atoms with van der Waals surface area (Å²) in [4.78, 5) is 13.6. The number of carbonyl (C=O) groups excluding carboxylic acids is 1. The van der Waals surface area contributed by atoms with E-state index in [2.05, 4.69) is 17.4 Å². The lowest BCUT2D eigenvalue weighted by Gasteiger charge is -2.17. The van der Waals surface area contributed by atoms with Crippen molar-refractivity contribution in [2.45, 2.75) is 6.42 Å². The number of thiol groups is 1. The van der Waals surface area contributed by atoms with Crippen LogP contribution < -0.4 is 9.62 Å². The molecular weight excluding hydrogens is 284 g/mol. The molecule has 5 nitrogen and oxygen atoms in total. The summed E-state index contributed by atoms with van der Waals surface area (Å²) in [6, 6.07) is 6.79. The molecule has 0 saturated carbocycles. The van der Waals surface area contributed by atoms with Crippen molar-refractivity contribution in [2.75, 3.05) is 28.2 Å². The van der Waals surface area contributed by atoms with Crippen molar-refractivity contribution in [3.63, 3.8) is 0 Å². The highest BCUT2D eigenvalue weighted by atomic mass is 32.2. The summed E-state index contributed by atoms with van der Waals surface area (Å²) < 4.78 is 24.6. The van der Waals surface area contributed by atoms with Crippen LogP contribution in [0.15, 0.2) is 24.3 Å². The van der Waals surface area contributed by atoms with Crippen LogP contribution in [0.4, 0.5) is 11.4 Å². The molecule has 1 unspecified atom stereocenters. The fourth-order valence-electron chi connectivity index (χ4n) is 2.08. The van der Waals surface area contributed by atoms with Crippen LogP contribution in [-0.4, -0.2) is 32.9 Å². The van der Waals surface area contributed by atoms with Crippen LogP contribution in [0.25, 0.3) is 0 Å². The summed E-state index contributed by atoms with van der Waals surface area (Å²) in [5.74, 6) is 1.06. The molecule has 0 bridgehead atoms. The van der Waals surface area contributed by atoms with Gasteiger partial charge in [0.15, 0.2) is 0 Å². The summed E-state index contributed by atoms with van der Waals surface area (Å²) in [5, 5.41) is 0. The van der Waals surface area contributed by atoms with Gasteiger partial charge >= 0.3 is 0 Å². The minimum absolute atomic E-state index is 0.0860. The summed E-state index contributed by atoms with van der Waals surface area (Å²) in [6.45, 7) is 0.668. The minimum atomic E-state index is -3.27. The van der Waals surface area contributed by atoms with Gasteiger partial charge in [-0.15, -0.1) is 0 Å². The third-order valence-electron chi connectivity index (χ3n) is 2.95. The average Bonchev–Trinajstić information content (AvgIpc) is 2.70. The lowest BCUT2D eigenvalue weighted by atomic mass is 10.1. The normalized spacial score (nSPS) is 19.8. The molecule has 1 atom stereocenters. The Morgan fingerprint density at radius 1 is 1.37 bits per heavy atom. The van der Waals surface area contributed by atoms with E-state index in [1.165, 1.54) is 0 Å². The Bertz CT molecular complexity index is 569. The number of sulfonamides is 1. The van der Waals surface area contributed by atoms with E-state index in [4.69, 9.17) is 0 Å². The maximum absolute atomic E-state index is 11.8. The van der Waals surface area contributed by atoms with Crippen LogP contribution >= 0.6 is 12.6 Å². The van der Waals surface area contributed by atoms with Crippen molar-refractivity contribution in [2.24, 2.45) is 5.92 Å². The van der Waals surface area contributed by atoms with Crippen LogP contribution in [0.1, 0.15) is 6.42 Å².